The van der Waals surface area contributed by atoms with Crippen LogP contribution in [0.4, 0.5) is 0 Å². The minimum Gasteiger partial charge on any atom is -0.506 e. The van der Waals surface area contributed by atoms with E-state index in [4.69, 9.17) is 81.2 Å². The van der Waals surface area contributed by atoms with Gasteiger partial charge < -0.3 is 5.11 Å². The van der Waals surface area contributed by atoms with Crippen LogP contribution in [0.15, 0.2) is 18.2 Å². The fourth-order valence-corrected chi connectivity index (χ4v) is 2.21. The van der Waals surface area contributed by atoms with Crippen molar-refractivity contribution in [2.24, 2.45) is 0 Å². The average molecular weight is 468 g/mol. The molecule has 0 spiro atoms. The number of phenols is 1. The Morgan fingerprint density at radius 1 is 0.833 bits per heavy atom. The Morgan fingerprint density at radius 3 is 1.83 bits per heavy atom. The molecule has 0 aliphatic heterocycles. The predicted octanol–water partition coefficient (Wildman–Crippen LogP) is 6.05. The van der Waals surface area contributed by atoms with Crippen LogP contribution in [0.3, 0.4) is 0 Å². The highest BCUT2D eigenvalue weighted by Gasteiger charge is 2.33. The van der Waals surface area contributed by atoms with Gasteiger partial charge in [-0.3, -0.25) is 0 Å². The van der Waals surface area contributed by atoms with Gasteiger partial charge in [0, 0.05) is 0 Å². The van der Waals surface area contributed by atoms with Gasteiger partial charge in [0.05, 0.1) is 5.02 Å². The Labute approximate surface area is 172 Å². The van der Waals surface area contributed by atoms with Crippen LogP contribution in [-0.2, 0) is 7.59 Å². The number of aromatic hydroxyl groups is 1. The number of nitrogens with zero attached hydrogens (tertiary/aromatic N) is 3. The van der Waals surface area contributed by atoms with E-state index in [-0.39, 0.29) is 28.2 Å². The molecule has 0 atom stereocenters. The van der Waals surface area contributed by atoms with Gasteiger partial charge in [0.25, 0.3) is 0 Å². The second kappa shape index (κ2) is 7.58. The third kappa shape index (κ3) is 5.40. The fraction of sp³-hybridized carbons (Fsp3) is 0.154. The molecule has 0 bridgehead atoms. The summed E-state index contributed by atoms with van der Waals surface area (Å²) in [5.41, 5.74) is 0.670. The van der Waals surface area contributed by atoms with Crippen LogP contribution in [0.5, 0.6) is 5.75 Å². The number of phenolic OH excluding ortho intramolecular Hbond substituents is 1. The highest BCUT2D eigenvalue weighted by Crippen LogP contribution is 2.40. The van der Waals surface area contributed by atoms with Crippen molar-refractivity contribution in [3.63, 3.8) is 0 Å². The number of halogens is 7. The van der Waals surface area contributed by atoms with Gasteiger partial charge in [-0.25, -0.2) is 15.0 Å². The number of alkyl halides is 6. The van der Waals surface area contributed by atoms with Gasteiger partial charge in [0.1, 0.15) is 5.75 Å². The smallest absolute Gasteiger partial charge is 0.250 e. The quantitative estimate of drug-likeness (QED) is 0.545. The van der Waals surface area contributed by atoms with Crippen molar-refractivity contribution < 1.29 is 5.11 Å². The molecule has 4 nitrogen and oxygen atoms in total. The first-order chi connectivity index (χ1) is 11.0. The first-order valence-electron chi connectivity index (χ1n) is 6.04. The molecule has 2 rings (SSSR count). The maximum atomic E-state index is 9.40. The van der Waals surface area contributed by atoms with E-state index in [2.05, 4.69) is 15.0 Å². The number of hydrogen-bond acceptors (Lipinski definition) is 4. The SMILES string of the molecule is Oc1ccc(C=Cc2nc(C(Cl)(Cl)Cl)nc(C(Cl)(Cl)Cl)n2)cc1Cl. The largest absolute Gasteiger partial charge is 0.506 e. The maximum Gasteiger partial charge on any atom is 0.250 e. The third-order valence-electron chi connectivity index (χ3n) is 2.56. The lowest BCUT2D eigenvalue weighted by Crippen LogP contribution is -2.16. The zero-order chi connectivity index (χ0) is 18.1. The first kappa shape index (κ1) is 20.1. The molecule has 0 saturated heterocycles. The molecule has 0 aliphatic rings. The third-order valence-corrected chi connectivity index (χ3v) is 3.87. The van der Waals surface area contributed by atoms with Gasteiger partial charge in [-0.15, -0.1) is 0 Å². The first-order valence-corrected chi connectivity index (χ1v) is 8.68. The molecule has 2 aromatic rings. The van der Waals surface area contributed by atoms with Gasteiger partial charge in [0.2, 0.25) is 7.59 Å². The monoisotopic (exact) mass is 465 g/mol. The van der Waals surface area contributed by atoms with Gasteiger partial charge in [0.15, 0.2) is 17.5 Å². The molecule has 1 heterocycles. The van der Waals surface area contributed by atoms with Crippen molar-refractivity contribution in [2.45, 2.75) is 7.59 Å². The van der Waals surface area contributed by atoms with E-state index in [0.29, 0.717) is 5.56 Å². The van der Waals surface area contributed by atoms with Crippen LogP contribution in [0.1, 0.15) is 23.0 Å². The van der Waals surface area contributed by atoms with Crippen LogP contribution >= 0.6 is 81.2 Å². The standard InChI is InChI=1S/C13H6Cl7N3O/c14-7-5-6(1-3-8(7)24)2-4-9-21-10(12(15,16)17)23-11(22-9)13(18,19)20/h1-5,24H. The van der Waals surface area contributed by atoms with Crippen molar-refractivity contribution in [1.82, 2.24) is 15.0 Å². The van der Waals surface area contributed by atoms with Crippen molar-refractivity contribution in [3.05, 3.63) is 46.3 Å². The fourth-order valence-electron chi connectivity index (χ4n) is 1.52. The van der Waals surface area contributed by atoms with Crippen molar-refractivity contribution in [2.75, 3.05) is 0 Å². The minimum absolute atomic E-state index is 0.0362. The summed E-state index contributed by atoms with van der Waals surface area (Å²) in [6.07, 6.45) is 3.11. The van der Waals surface area contributed by atoms with Gasteiger partial charge in [-0.05, 0) is 23.8 Å². The Kier molecular flexibility index (Phi) is 6.36. The molecule has 1 aromatic heterocycles. The van der Waals surface area contributed by atoms with Crippen LogP contribution < -0.4 is 0 Å². The molecule has 0 aliphatic carbocycles. The summed E-state index contributed by atoms with van der Waals surface area (Å²) in [6, 6.07) is 4.61. The highest BCUT2D eigenvalue weighted by atomic mass is 35.6. The van der Waals surface area contributed by atoms with Crippen molar-refractivity contribution in [3.8, 4) is 5.75 Å². The van der Waals surface area contributed by atoms with Gasteiger partial charge >= 0.3 is 0 Å². The van der Waals surface area contributed by atoms with E-state index < -0.39 is 7.59 Å². The van der Waals surface area contributed by atoms with Crippen LogP contribution in [0.25, 0.3) is 12.2 Å². The second-order valence-corrected chi connectivity index (χ2v) is 9.35. The number of hydrogen-bond donors (Lipinski definition) is 1. The van der Waals surface area contributed by atoms with E-state index in [1.165, 1.54) is 12.1 Å². The van der Waals surface area contributed by atoms with E-state index in [9.17, 15) is 5.11 Å². The van der Waals surface area contributed by atoms with Crippen LogP contribution in [0.2, 0.25) is 5.02 Å². The molecule has 1 N–H and O–H groups in total. The molecule has 0 saturated carbocycles. The molecule has 1 aromatic carbocycles. The maximum absolute atomic E-state index is 9.40. The topological polar surface area (TPSA) is 58.9 Å². The zero-order valence-corrected chi connectivity index (χ0v) is 16.6. The van der Waals surface area contributed by atoms with E-state index in [1.54, 1.807) is 18.2 Å². The number of aromatic nitrogens is 3. The van der Waals surface area contributed by atoms with E-state index in [0.717, 1.165) is 0 Å². The molecule has 24 heavy (non-hydrogen) atoms. The number of rotatable bonds is 2. The van der Waals surface area contributed by atoms with Crippen LogP contribution in [-0.4, -0.2) is 20.1 Å². The molecule has 0 radical (unpaired) electrons. The Bertz CT molecular complexity index is 752. The molecule has 128 valence electrons. The molecule has 0 fully saturated rings. The molecule has 0 unspecified atom stereocenters. The number of benzene rings is 1. The summed E-state index contributed by atoms with van der Waals surface area (Å²) in [4.78, 5) is 11.9. The Morgan fingerprint density at radius 2 is 1.38 bits per heavy atom. The highest BCUT2D eigenvalue weighted by molar-refractivity contribution is 6.67. The summed E-state index contributed by atoms with van der Waals surface area (Å²) >= 11 is 40.6. The molecular weight excluding hydrogens is 462 g/mol. The second-order valence-electron chi connectivity index (χ2n) is 4.38. The minimum atomic E-state index is -1.92. The molecule has 0 amide bonds. The lowest BCUT2D eigenvalue weighted by molar-refractivity contribution is 0.475. The molecular formula is C13H6Cl7N3O. The average Bonchev–Trinajstić information content (AvgIpc) is 2.46. The summed E-state index contributed by atoms with van der Waals surface area (Å²) in [6.45, 7) is 0. The summed E-state index contributed by atoms with van der Waals surface area (Å²) in [5, 5.41) is 9.60. The zero-order valence-electron chi connectivity index (χ0n) is 11.3. The summed E-state index contributed by atoms with van der Waals surface area (Å²) in [7, 11) is 0. The lowest BCUT2D eigenvalue weighted by atomic mass is 10.2. The van der Waals surface area contributed by atoms with Crippen molar-refractivity contribution >= 4 is 93.4 Å². The summed E-state index contributed by atoms with van der Waals surface area (Å²) < 4.78 is -3.84. The van der Waals surface area contributed by atoms with Crippen molar-refractivity contribution in [1.29, 1.82) is 0 Å². The Balaban J connectivity index is 2.45. The summed E-state index contributed by atoms with van der Waals surface area (Å²) in [5.74, 6) is -0.303. The van der Waals surface area contributed by atoms with E-state index in [1.807, 2.05) is 0 Å². The normalized spacial score (nSPS) is 12.8. The Hall–Kier alpha value is -0.200. The van der Waals surface area contributed by atoms with Crippen LogP contribution in [0, 0.1) is 0 Å². The van der Waals surface area contributed by atoms with Gasteiger partial charge in [-0.2, -0.15) is 0 Å². The molecule has 11 heteroatoms. The lowest BCUT2D eigenvalue weighted by Gasteiger charge is -2.14. The van der Waals surface area contributed by atoms with Gasteiger partial charge in [-0.1, -0.05) is 93.3 Å². The van der Waals surface area contributed by atoms with E-state index >= 15 is 0 Å². The predicted molar refractivity (Wildman–Crippen MR) is 100 cm³/mol.